The summed E-state index contributed by atoms with van der Waals surface area (Å²) in [6, 6.07) is 0. The van der Waals surface area contributed by atoms with Crippen LogP contribution in [-0.4, -0.2) is 52.4 Å². The van der Waals surface area contributed by atoms with Crippen LogP contribution >= 0.6 is 22.1 Å². The summed E-state index contributed by atoms with van der Waals surface area (Å²) in [5.41, 5.74) is 0.128. The summed E-state index contributed by atoms with van der Waals surface area (Å²) in [6.45, 7) is 6.66. The molecule has 0 aromatic rings. The van der Waals surface area contributed by atoms with Crippen molar-refractivity contribution in [1.29, 1.82) is 0 Å². The topological polar surface area (TPSA) is 101 Å². The van der Waals surface area contributed by atoms with Crippen LogP contribution in [0.1, 0.15) is 201 Å². The highest BCUT2D eigenvalue weighted by molar-refractivity contribution is 7.59. The summed E-state index contributed by atoms with van der Waals surface area (Å²) >= 11 is 0. The van der Waals surface area contributed by atoms with Crippen LogP contribution in [0, 0.1) is 11.8 Å². The molecule has 0 aromatic heterocycles. The molecule has 49 heavy (non-hydrogen) atoms. The highest BCUT2D eigenvalue weighted by Crippen LogP contribution is 2.60. The van der Waals surface area contributed by atoms with Gasteiger partial charge in [0, 0.05) is 36.5 Å². The molecule has 0 bridgehead atoms. The molecule has 0 heterocycles. The largest absolute Gasteiger partial charge is 0.344 e. The summed E-state index contributed by atoms with van der Waals surface area (Å²) in [4.78, 5) is 21.2. The Morgan fingerprint density at radius 1 is 0.449 bits per heavy atom. The van der Waals surface area contributed by atoms with Crippen molar-refractivity contribution in [2.45, 2.75) is 212 Å². The van der Waals surface area contributed by atoms with E-state index in [1.165, 1.54) is 77.0 Å². The zero-order valence-corrected chi connectivity index (χ0v) is 35.2. The molecule has 2 rings (SSSR count). The highest BCUT2D eigenvalue weighted by Gasteiger charge is 2.39. The van der Waals surface area contributed by atoms with Gasteiger partial charge in [0.25, 0.3) is 0 Å². The molecule has 0 amide bonds. The van der Waals surface area contributed by atoms with Gasteiger partial charge in [-0.25, -0.2) is 0 Å². The van der Waals surface area contributed by atoms with Crippen LogP contribution in [-0.2, 0) is 18.2 Å². The zero-order valence-electron chi connectivity index (χ0n) is 32.5. The van der Waals surface area contributed by atoms with Crippen molar-refractivity contribution < 1.29 is 28.0 Å². The number of unbranched alkanes of at least 4 members (excludes halogenated alkanes) is 15. The molecular formula is C40H81O6P3. The first-order valence-corrected chi connectivity index (χ1v) is 27.3. The minimum atomic E-state index is -3.05. The van der Waals surface area contributed by atoms with Gasteiger partial charge in [-0.05, 0) is 95.3 Å². The summed E-state index contributed by atoms with van der Waals surface area (Å²) < 4.78 is 47.1. The van der Waals surface area contributed by atoms with Gasteiger partial charge in [-0.3, -0.25) is 13.7 Å². The first-order chi connectivity index (χ1) is 23.5. The maximum atomic E-state index is 14.7. The van der Waals surface area contributed by atoms with E-state index in [2.05, 4.69) is 20.8 Å². The molecular weight excluding hydrogens is 669 g/mol. The fraction of sp³-hybridized carbons (Fsp3) is 1.00. The Balaban J connectivity index is 1.80. The summed E-state index contributed by atoms with van der Waals surface area (Å²) in [5, 5.41) is 0. The van der Waals surface area contributed by atoms with Crippen LogP contribution < -0.4 is 0 Å². The molecule has 9 heteroatoms. The second kappa shape index (κ2) is 26.4. The van der Waals surface area contributed by atoms with Crippen molar-refractivity contribution in [1.82, 2.24) is 0 Å². The van der Waals surface area contributed by atoms with E-state index >= 15 is 0 Å². The Hall–Kier alpha value is 0.570. The molecule has 0 aromatic carbocycles. The Labute approximate surface area is 304 Å². The molecule has 0 saturated heterocycles. The number of hydrogen-bond acceptors (Lipinski definition) is 4. The molecule has 3 unspecified atom stereocenters. The predicted molar refractivity (Wildman–Crippen MR) is 214 cm³/mol. The summed E-state index contributed by atoms with van der Waals surface area (Å²) in [5.74, 6) is 0.935. The molecule has 0 aliphatic heterocycles. The molecule has 2 N–H and O–H groups in total. The maximum Gasteiger partial charge on any atom is 0.206 e. The van der Waals surface area contributed by atoms with Gasteiger partial charge >= 0.3 is 0 Å². The fourth-order valence-electron chi connectivity index (χ4n) is 8.31. The van der Waals surface area contributed by atoms with Crippen molar-refractivity contribution in [3.63, 3.8) is 0 Å². The number of rotatable bonds is 30. The van der Waals surface area contributed by atoms with E-state index in [1.807, 2.05) is 0 Å². The molecule has 2 aliphatic rings. The lowest BCUT2D eigenvalue weighted by Crippen LogP contribution is -2.27. The molecule has 2 saturated carbocycles. The smallest absolute Gasteiger partial charge is 0.206 e. The average Bonchev–Trinajstić information content (AvgIpc) is 3.08. The van der Waals surface area contributed by atoms with Gasteiger partial charge in [0.05, 0.1) is 6.10 Å². The highest BCUT2D eigenvalue weighted by atomic mass is 31.2. The fourth-order valence-corrected chi connectivity index (χ4v) is 14.8. The van der Waals surface area contributed by atoms with Gasteiger partial charge < -0.3 is 14.3 Å². The van der Waals surface area contributed by atoms with Gasteiger partial charge in [-0.15, -0.1) is 0 Å². The SMILES string of the molecule is CCCCCCCCP(=O)(O)CCC1CCC(OP(=O)(CCCCCCCC)C2CCC(CCP(=O)(O)CCCCCCCC)CC2)CC1. The summed E-state index contributed by atoms with van der Waals surface area (Å²) in [7, 11) is -8.89. The van der Waals surface area contributed by atoms with Crippen molar-refractivity contribution in [2.75, 3.05) is 30.8 Å². The van der Waals surface area contributed by atoms with Gasteiger partial charge in [0.1, 0.15) is 0 Å². The summed E-state index contributed by atoms with van der Waals surface area (Å²) in [6.07, 6.45) is 32.6. The van der Waals surface area contributed by atoms with Gasteiger partial charge in [-0.2, -0.15) is 0 Å². The standard InChI is InChI=1S/C40H81O6P3/c1-4-7-10-13-16-19-32-47(41,42)35-30-37-22-26-39(27-23-37)46-49(45,34-21-18-15-12-9-6-3)40-28-24-38(25-29-40)31-36-48(43,44)33-20-17-14-11-8-5-2/h37-40H,4-36H2,1-3H3,(H,41,42)(H,43,44). The van der Waals surface area contributed by atoms with Crippen molar-refractivity contribution in [3.8, 4) is 0 Å². The van der Waals surface area contributed by atoms with Crippen LogP contribution in [0.2, 0.25) is 0 Å². The lowest BCUT2D eigenvalue weighted by Gasteiger charge is -2.38. The normalized spacial score (nSPS) is 25.4. The van der Waals surface area contributed by atoms with Crippen LogP contribution in [0.4, 0.5) is 0 Å². The quantitative estimate of drug-likeness (QED) is 0.0560. The molecule has 292 valence electrons. The van der Waals surface area contributed by atoms with Crippen LogP contribution in [0.3, 0.4) is 0 Å². The van der Waals surface area contributed by atoms with Crippen molar-refractivity contribution in [3.05, 3.63) is 0 Å². The Bertz CT molecular complexity index is 958. The first-order valence-electron chi connectivity index (χ1n) is 21.4. The molecule has 0 spiro atoms. The lowest BCUT2D eigenvalue weighted by atomic mass is 9.86. The Kier molecular flexibility index (Phi) is 24.6. The molecule has 6 nitrogen and oxygen atoms in total. The van der Waals surface area contributed by atoms with E-state index in [-0.39, 0.29) is 11.8 Å². The first kappa shape index (κ1) is 45.7. The van der Waals surface area contributed by atoms with Crippen LogP contribution in [0.25, 0.3) is 0 Å². The zero-order chi connectivity index (χ0) is 35.9. The van der Waals surface area contributed by atoms with Crippen LogP contribution in [0.15, 0.2) is 0 Å². The minimum Gasteiger partial charge on any atom is -0.344 e. The molecule has 2 fully saturated rings. The predicted octanol–water partition coefficient (Wildman–Crippen LogP) is 13.8. The van der Waals surface area contributed by atoms with Gasteiger partial charge in [-0.1, -0.05) is 117 Å². The second-order valence-electron chi connectivity index (χ2n) is 16.3. The monoisotopic (exact) mass is 751 g/mol. The molecule has 0 radical (unpaired) electrons. The average molecular weight is 751 g/mol. The Morgan fingerprint density at radius 3 is 1.20 bits per heavy atom. The van der Waals surface area contributed by atoms with E-state index in [4.69, 9.17) is 4.52 Å². The van der Waals surface area contributed by atoms with E-state index in [1.54, 1.807) is 0 Å². The van der Waals surface area contributed by atoms with Gasteiger partial charge in [0.2, 0.25) is 22.1 Å². The minimum absolute atomic E-state index is 0.0474. The van der Waals surface area contributed by atoms with Gasteiger partial charge in [0.15, 0.2) is 0 Å². The molecule has 3 atom stereocenters. The van der Waals surface area contributed by atoms with Crippen molar-refractivity contribution >= 4 is 22.1 Å². The lowest BCUT2D eigenvalue weighted by molar-refractivity contribution is 0.128. The molecule has 2 aliphatic carbocycles. The van der Waals surface area contributed by atoms with Crippen LogP contribution in [0.5, 0.6) is 0 Å². The Morgan fingerprint density at radius 2 is 0.796 bits per heavy atom. The van der Waals surface area contributed by atoms with Crippen molar-refractivity contribution in [2.24, 2.45) is 11.8 Å². The van der Waals surface area contributed by atoms with E-state index < -0.39 is 22.1 Å². The van der Waals surface area contributed by atoms with E-state index in [0.29, 0.717) is 42.6 Å². The third-order valence-electron chi connectivity index (χ3n) is 11.8. The number of hydrogen-bond donors (Lipinski definition) is 2. The second-order valence-corrected chi connectivity index (χ2v) is 24.4. The van der Waals surface area contributed by atoms with E-state index in [9.17, 15) is 23.5 Å². The third kappa shape index (κ3) is 21.2. The van der Waals surface area contributed by atoms with E-state index in [0.717, 1.165) is 103 Å². The third-order valence-corrected chi connectivity index (χ3v) is 19.0. The maximum absolute atomic E-state index is 14.7.